The van der Waals surface area contributed by atoms with Gasteiger partial charge in [0, 0.05) is 43.8 Å². The van der Waals surface area contributed by atoms with E-state index in [0.29, 0.717) is 19.3 Å². The van der Waals surface area contributed by atoms with Crippen LogP contribution in [0.3, 0.4) is 0 Å². The number of methoxy groups -OCH3 is 1. The fraction of sp³-hybridized carbons (Fsp3) is 0.760. The Hall–Kier alpha value is -2.46. The summed E-state index contributed by atoms with van der Waals surface area (Å²) in [4.78, 5) is 50.0. The van der Waals surface area contributed by atoms with Crippen LogP contribution in [0.25, 0.3) is 0 Å². The Morgan fingerprint density at radius 1 is 1.03 bits per heavy atom. The van der Waals surface area contributed by atoms with Crippen LogP contribution >= 0.6 is 0 Å². The minimum atomic E-state index is -2.04. The van der Waals surface area contributed by atoms with Crippen LogP contribution in [0.5, 0.6) is 0 Å². The quantitative estimate of drug-likeness (QED) is 0.436. The van der Waals surface area contributed by atoms with Gasteiger partial charge in [-0.2, -0.15) is 0 Å². The smallest absolute Gasteiger partial charge is 0.333 e. The van der Waals surface area contributed by atoms with E-state index in [0.717, 1.165) is 6.08 Å². The van der Waals surface area contributed by atoms with Crippen molar-refractivity contribution in [3.8, 4) is 0 Å². The molecule has 3 aliphatic carbocycles. The third-order valence-corrected chi connectivity index (χ3v) is 8.99. The summed E-state index contributed by atoms with van der Waals surface area (Å²) in [6, 6.07) is 0. The standard InChI is InChI=1S/C25H34O10/c1-12(26)33-18-17-14(11-25(31)15(24(17,5)30)10-16(28)35-25)22(3)8-7-9-23(4,21(29)32-6)20(22)19(18)34-13(2)27/h10,14,17-20,30-31H,7-9,11H2,1-6H3/t14-,17-,18+,19-,20+,22+,23+,24+,25-/m0/s1. The van der Waals surface area contributed by atoms with Crippen molar-refractivity contribution in [1.29, 1.82) is 0 Å². The van der Waals surface area contributed by atoms with E-state index in [2.05, 4.69) is 0 Å². The van der Waals surface area contributed by atoms with Gasteiger partial charge in [-0.05, 0) is 38.0 Å². The van der Waals surface area contributed by atoms with E-state index in [9.17, 15) is 29.4 Å². The molecule has 0 amide bonds. The van der Waals surface area contributed by atoms with E-state index in [4.69, 9.17) is 18.9 Å². The highest BCUT2D eigenvalue weighted by Crippen LogP contribution is 2.68. The van der Waals surface area contributed by atoms with Gasteiger partial charge in [-0.1, -0.05) is 13.3 Å². The van der Waals surface area contributed by atoms with Crippen LogP contribution in [0, 0.1) is 28.6 Å². The molecule has 0 aromatic heterocycles. The SMILES string of the molecule is COC(=O)[C@]1(C)CCC[C@@]2(C)[C@H]1[C@@H](OC(C)=O)[C@H](OC(C)=O)[C@@H]1[C@@H]2C[C@]2(O)OC(=O)C=C2[C@@]1(C)O. The van der Waals surface area contributed by atoms with Crippen LogP contribution in [0.1, 0.15) is 60.3 Å². The molecule has 0 spiro atoms. The maximum Gasteiger partial charge on any atom is 0.333 e. The summed E-state index contributed by atoms with van der Waals surface area (Å²) in [6.07, 6.45) is 0.421. The first kappa shape index (κ1) is 25.6. The maximum absolute atomic E-state index is 13.2. The van der Waals surface area contributed by atoms with Crippen LogP contribution in [0.2, 0.25) is 0 Å². The molecule has 0 bridgehead atoms. The molecule has 35 heavy (non-hydrogen) atoms. The third-order valence-electron chi connectivity index (χ3n) is 8.99. The minimum Gasteiger partial charge on any atom is -0.469 e. The lowest BCUT2D eigenvalue weighted by Crippen LogP contribution is -2.73. The second-order valence-corrected chi connectivity index (χ2v) is 11.1. The molecular formula is C25H34O10. The first-order chi connectivity index (χ1) is 16.1. The van der Waals surface area contributed by atoms with Crippen molar-refractivity contribution in [2.75, 3.05) is 7.11 Å². The summed E-state index contributed by atoms with van der Waals surface area (Å²) < 4.78 is 22.0. The van der Waals surface area contributed by atoms with Gasteiger partial charge in [0.25, 0.3) is 0 Å². The zero-order valence-corrected chi connectivity index (χ0v) is 21.0. The van der Waals surface area contributed by atoms with Crippen molar-refractivity contribution in [3.63, 3.8) is 0 Å². The van der Waals surface area contributed by atoms with Gasteiger partial charge in [0.1, 0.15) is 12.2 Å². The topological polar surface area (TPSA) is 146 Å². The van der Waals surface area contributed by atoms with Crippen molar-refractivity contribution in [1.82, 2.24) is 0 Å². The van der Waals surface area contributed by atoms with Crippen LogP contribution in [-0.4, -0.2) is 64.8 Å². The molecule has 4 aliphatic rings. The monoisotopic (exact) mass is 494 g/mol. The largest absolute Gasteiger partial charge is 0.469 e. The van der Waals surface area contributed by atoms with E-state index < -0.39 is 76.1 Å². The fourth-order valence-corrected chi connectivity index (χ4v) is 7.91. The Kier molecular flexibility index (Phi) is 5.88. The van der Waals surface area contributed by atoms with Gasteiger partial charge < -0.3 is 29.2 Å². The Labute approximate surface area is 203 Å². The molecule has 0 radical (unpaired) electrons. The summed E-state index contributed by atoms with van der Waals surface area (Å²) in [7, 11) is 1.29. The highest BCUT2D eigenvalue weighted by Gasteiger charge is 2.74. The molecule has 3 fully saturated rings. The molecule has 194 valence electrons. The third kappa shape index (κ3) is 3.59. The molecular weight excluding hydrogens is 460 g/mol. The van der Waals surface area contributed by atoms with Gasteiger partial charge in [-0.25, -0.2) is 4.79 Å². The van der Waals surface area contributed by atoms with E-state index in [1.807, 2.05) is 6.92 Å². The van der Waals surface area contributed by atoms with Gasteiger partial charge in [0.15, 0.2) is 0 Å². The maximum atomic E-state index is 13.2. The number of esters is 4. The number of fused-ring (bicyclic) bond motifs is 4. The highest BCUT2D eigenvalue weighted by atomic mass is 16.7. The van der Waals surface area contributed by atoms with Gasteiger partial charge in [-0.15, -0.1) is 0 Å². The first-order valence-electron chi connectivity index (χ1n) is 11.9. The molecule has 0 unspecified atom stereocenters. The second-order valence-electron chi connectivity index (χ2n) is 11.1. The number of ether oxygens (including phenoxy) is 4. The van der Waals surface area contributed by atoms with Crippen molar-refractivity contribution < 1.29 is 48.3 Å². The minimum absolute atomic E-state index is 0.0245. The highest BCUT2D eigenvalue weighted by molar-refractivity contribution is 5.87. The summed E-state index contributed by atoms with van der Waals surface area (Å²) in [6.45, 7) is 7.57. The molecule has 9 atom stereocenters. The number of hydrogen-bond acceptors (Lipinski definition) is 10. The predicted molar refractivity (Wildman–Crippen MR) is 118 cm³/mol. The normalized spacial score (nSPS) is 46.2. The summed E-state index contributed by atoms with van der Waals surface area (Å²) >= 11 is 0. The average molecular weight is 495 g/mol. The van der Waals surface area contributed by atoms with Gasteiger partial charge >= 0.3 is 23.9 Å². The number of rotatable bonds is 3. The number of hydrogen-bond donors (Lipinski definition) is 2. The number of carbonyl (C=O) groups excluding carboxylic acids is 4. The van der Waals surface area contributed by atoms with Crippen molar-refractivity contribution in [2.24, 2.45) is 28.6 Å². The van der Waals surface area contributed by atoms with E-state index >= 15 is 0 Å². The van der Waals surface area contributed by atoms with Gasteiger partial charge in [0.2, 0.25) is 5.79 Å². The van der Waals surface area contributed by atoms with Crippen molar-refractivity contribution in [2.45, 2.75) is 83.9 Å². The molecule has 2 N–H and O–H groups in total. The van der Waals surface area contributed by atoms with Crippen molar-refractivity contribution in [3.05, 3.63) is 11.6 Å². The first-order valence-corrected chi connectivity index (χ1v) is 11.9. The second kappa shape index (κ2) is 8.03. The molecule has 0 saturated heterocycles. The van der Waals surface area contributed by atoms with Crippen LogP contribution < -0.4 is 0 Å². The molecule has 1 heterocycles. The van der Waals surface area contributed by atoms with Crippen LogP contribution in [0.15, 0.2) is 11.6 Å². The Bertz CT molecular complexity index is 1000. The average Bonchev–Trinajstić information content (AvgIpc) is 3.04. The number of aliphatic hydroxyl groups is 2. The van der Waals surface area contributed by atoms with Crippen LogP contribution in [0.4, 0.5) is 0 Å². The lowest BCUT2D eigenvalue weighted by molar-refractivity contribution is -0.289. The molecule has 4 rings (SSSR count). The zero-order chi connectivity index (χ0) is 26.1. The molecule has 0 aromatic carbocycles. The van der Waals surface area contributed by atoms with Crippen LogP contribution in [-0.2, 0) is 38.1 Å². The summed E-state index contributed by atoms with van der Waals surface area (Å²) in [5, 5.41) is 23.2. The fourth-order valence-electron chi connectivity index (χ4n) is 7.91. The van der Waals surface area contributed by atoms with Gasteiger partial charge in [-0.3, -0.25) is 14.4 Å². The number of carbonyl (C=O) groups is 4. The predicted octanol–water partition coefficient (Wildman–Crippen LogP) is 1.41. The van der Waals surface area contributed by atoms with Crippen molar-refractivity contribution >= 4 is 23.9 Å². The molecule has 3 saturated carbocycles. The Morgan fingerprint density at radius 2 is 1.63 bits per heavy atom. The summed E-state index contributed by atoms with van der Waals surface area (Å²) in [5.74, 6) is -6.71. The molecule has 1 aliphatic heterocycles. The summed E-state index contributed by atoms with van der Waals surface area (Å²) in [5.41, 5.74) is -3.77. The van der Waals surface area contributed by atoms with E-state index in [1.54, 1.807) is 6.92 Å². The molecule has 10 heteroatoms. The zero-order valence-electron chi connectivity index (χ0n) is 21.0. The Morgan fingerprint density at radius 3 is 2.20 bits per heavy atom. The molecule has 0 aromatic rings. The van der Waals surface area contributed by atoms with Gasteiger partial charge in [0.05, 0.1) is 18.1 Å². The lowest BCUT2D eigenvalue weighted by atomic mass is 9.40. The van der Waals surface area contributed by atoms with E-state index in [-0.39, 0.29) is 12.0 Å². The Balaban J connectivity index is 1.98. The molecule has 10 nitrogen and oxygen atoms in total. The van der Waals surface area contributed by atoms with E-state index in [1.165, 1.54) is 27.9 Å². The lowest BCUT2D eigenvalue weighted by Gasteiger charge is -2.66.